The fourth-order valence-electron chi connectivity index (χ4n) is 5.10. The molecule has 1 aliphatic heterocycles. The molecule has 0 spiro atoms. The highest BCUT2D eigenvalue weighted by Crippen LogP contribution is 2.37. The second-order valence-corrected chi connectivity index (χ2v) is 10.3. The van der Waals surface area contributed by atoms with E-state index in [1.165, 1.54) is 0 Å². The molecule has 1 aliphatic carbocycles. The number of benzene rings is 1. The molecule has 0 amide bonds. The van der Waals surface area contributed by atoms with Crippen LogP contribution in [0, 0.1) is 5.92 Å². The lowest BCUT2D eigenvalue weighted by atomic mass is 10.1. The van der Waals surface area contributed by atoms with Gasteiger partial charge < -0.3 is 33.4 Å². The van der Waals surface area contributed by atoms with Crippen LogP contribution in [0.25, 0.3) is 22.4 Å². The standard InChI is InChI=1S/C26H34N4O5S/c1-26(2,31)35-24-13-17(16-33-36-27)12-21(24)29-20-6-7-28-22-15-23(34-25(20)22)18-4-3-5-19(14-18)30-8-10-32-11-9-30/h3-7,14-15,17,21,24,31H,8-13,16,27H2,1-2H3,(H,28,29)/t17-,21+,24?/m0/s1. The molecule has 1 saturated carbocycles. The SMILES string of the molecule is CC(C)(O)OC1C[C@@H](COSN)C[C@H]1Nc1ccnc2cc(-c3cccc(N4CCOCC4)c3)oc12. The molecule has 194 valence electrons. The maximum absolute atomic E-state index is 10.3. The molecule has 1 unspecified atom stereocenters. The molecule has 1 aromatic carbocycles. The van der Waals surface area contributed by atoms with Gasteiger partial charge in [0.2, 0.25) is 0 Å². The number of pyridine rings is 1. The molecule has 0 radical (unpaired) electrons. The zero-order valence-corrected chi connectivity index (χ0v) is 21.5. The van der Waals surface area contributed by atoms with Crippen LogP contribution in [0.1, 0.15) is 26.7 Å². The van der Waals surface area contributed by atoms with E-state index in [9.17, 15) is 5.11 Å². The fraction of sp³-hybridized carbons (Fsp3) is 0.500. The van der Waals surface area contributed by atoms with E-state index in [1.807, 2.05) is 12.1 Å². The molecule has 2 aliphatic rings. The third-order valence-electron chi connectivity index (χ3n) is 6.67. The van der Waals surface area contributed by atoms with Gasteiger partial charge in [-0.15, -0.1) is 0 Å². The van der Waals surface area contributed by atoms with Crippen molar-refractivity contribution >= 4 is 34.7 Å². The first-order chi connectivity index (χ1) is 17.4. The predicted octanol–water partition coefficient (Wildman–Crippen LogP) is 4.17. The summed E-state index contributed by atoms with van der Waals surface area (Å²) >= 11 is 0.877. The van der Waals surface area contributed by atoms with Gasteiger partial charge in [0, 0.05) is 36.6 Å². The second-order valence-electron chi connectivity index (χ2n) is 9.91. The van der Waals surface area contributed by atoms with Crippen LogP contribution < -0.4 is 15.4 Å². The van der Waals surface area contributed by atoms with Gasteiger partial charge in [0.25, 0.3) is 0 Å². The Morgan fingerprint density at radius 1 is 1.22 bits per heavy atom. The van der Waals surface area contributed by atoms with Crippen molar-refractivity contribution in [3.05, 3.63) is 42.6 Å². The number of hydrogen-bond donors (Lipinski definition) is 3. The molecule has 2 aromatic heterocycles. The van der Waals surface area contributed by atoms with Gasteiger partial charge in [-0.1, -0.05) is 12.1 Å². The lowest BCUT2D eigenvalue weighted by molar-refractivity contribution is -0.205. The van der Waals surface area contributed by atoms with Crippen molar-refractivity contribution in [2.24, 2.45) is 11.1 Å². The average molecular weight is 515 g/mol. The molecular weight excluding hydrogens is 480 g/mol. The smallest absolute Gasteiger partial charge is 0.176 e. The van der Waals surface area contributed by atoms with Gasteiger partial charge in [0.1, 0.15) is 11.3 Å². The van der Waals surface area contributed by atoms with E-state index in [0.717, 1.165) is 79.6 Å². The molecule has 1 saturated heterocycles. The van der Waals surface area contributed by atoms with Gasteiger partial charge >= 0.3 is 0 Å². The Hall–Kier alpha value is -2.34. The van der Waals surface area contributed by atoms with E-state index in [4.69, 9.17) is 23.2 Å². The largest absolute Gasteiger partial charge is 0.452 e. The number of aromatic nitrogens is 1. The Bertz CT molecular complexity index is 1160. The second kappa shape index (κ2) is 11.0. The van der Waals surface area contributed by atoms with Gasteiger partial charge in [0.05, 0.1) is 49.9 Å². The molecule has 5 rings (SSSR count). The number of hydrogen-bond acceptors (Lipinski definition) is 10. The predicted molar refractivity (Wildman–Crippen MR) is 142 cm³/mol. The number of rotatable bonds is 9. The monoisotopic (exact) mass is 514 g/mol. The maximum atomic E-state index is 10.3. The lowest BCUT2D eigenvalue weighted by Crippen LogP contribution is -2.38. The van der Waals surface area contributed by atoms with E-state index < -0.39 is 5.79 Å². The molecule has 3 heterocycles. The summed E-state index contributed by atoms with van der Waals surface area (Å²) < 4.78 is 23.2. The van der Waals surface area contributed by atoms with Crippen molar-refractivity contribution in [1.29, 1.82) is 0 Å². The van der Waals surface area contributed by atoms with Gasteiger partial charge in [-0.3, -0.25) is 10.1 Å². The Morgan fingerprint density at radius 2 is 2.06 bits per heavy atom. The molecule has 10 heteroatoms. The minimum Gasteiger partial charge on any atom is -0.452 e. The van der Waals surface area contributed by atoms with Crippen molar-refractivity contribution in [3.8, 4) is 11.3 Å². The van der Waals surface area contributed by atoms with Crippen LogP contribution in [0.15, 0.2) is 47.0 Å². The number of aliphatic hydroxyl groups is 1. The van der Waals surface area contributed by atoms with Crippen molar-refractivity contribution in [1.82, 2.24) is 4.98 Å². The van der Waals surface area contributed by atoms with Crippen molar-refractivity contribution in [2.75, 3.05) is 43.1 Å². The van der Waals surface area contributed by atoms with Crippen LogP contribution in [0.3, 0.4) is 0 Å². The first-order valence-electron chi connectivity index (χ1n) is 12.4. The number of furan rings is 1. The first kappa shape index (κ1) is 25.3. The van der Waals surface area contributed by atoms with E-state index in [-0.39, 0.29) is 18.1 Å². The van der Waals surface area contributed by atoms with Crippen LogP contribution in [-0.4, -0.2) is 60.9 Å². The first-order valence-corrected chi connectivity index (χ1v) is 13.2. The third kappa shape index (κ3) is 5.96. The maximum Gasteiger partial charge on any atom is 0.176 e. The highest BCUT2D eigenvalue weighted by atomic mass is 32.2. The Kier molecular flexibility index (Phi) is 7.71. The van der Waals surface area contributed by atoms with E-state index in [0.29, 0.717) is 12.2 Å². The van der Waals surface area contributed by atoms with E-state index in [1.54, 1.807) is 20.0 Å². The average Bonchev–Trinajstić information content (AvgIpc) is 3.47. The summed E-state index contributed by atoms with van der Waals surface area (Å²) in [5.41, 5.74) is 4.49. The molecule has 36 heavy (non-hydrogen) atoms. The van der Waals surface area contributed by atoms with Crippen LogP contribution in [0.2, 0.25) is 0 Å². The number of ether oxygens (including phenoxy) is 2. The number of morpholine rings is 1. The number of nitrogens with zero attached hydrogens (tertiary/aromatic N) is 2. The Balaban J connectivity index is 1.39. The zero-order valence-electron chi connectivity index (χ0n) is 20.7. The summed E-state index contributed by atoms with van der Waals surface area (Å²) in [4.78, 5) is 6.87. The Labute approximate surface area is 215 Å². The summed E-state index contributed by atoms with van der Waals surface area (Å²) in [6.45, 7) is 7.07. The minimum absolute atomic E-state index is 0.0309. The number of fused-ring (bicyclic) bond motifs is 1. The number of anilines is 2. The minimum atomic E-state index is -1.24. The molecule has 9 nitrogen and oxygen atoms in total. The van der Waals surface area contributed by atoms with E-state index in [2.05, 4.69) is 39.5 Å². The summed E-state index contributed by atoms with van der Waals surface area (Å²) in [5.74, 6) is -0.206. The molecule has 3 atom stereocenters. The number of nitrogens with one attached hydrogen (secondary N) is 1. The molecule has 2 fully saturated rings. The van der Waals surface area contributed by atoms with Gasteiger partial charge in [0.15, 0.2) is 11.4 Å². The van der Waals surface area contributed by atoms with Gasteiger partial charge in [-0.2, -0.15) is 0 Å². The van der Waals surface area contributed by atoms with Crippen molar-refractivity contribution in [3.63, 3.8) is 0 Å². The lowest BCUT2D eigenvalue weighted by Gasteiger charge is -2.29. The summed E-state index contributed by atoms with van der Waals surface area (Å²) in [7, 11) is 0. The highest BCUT2D eigenvalue weighted by Gasteiger charge is 2.38. The third-order valence-corrected chi connectivity index (χ3v) is 6.95. The number of nitrogens with two attached hydrogens (primary N) is 1. The van der Waals surface area contributed by atoms with Crippen LogP contribution in [0.5, 0.6) is 0 Å². The summed E-state index contributed by atoms with van der Waals surface area (Å²) in [6.07, 6.45) is 3.17. The summed E-state index contributed by atoms with van der Waals surface area (Å²) in [6, 6.07) is 12.2. The quantitative estimate of drug-likeness (QED) is 0.218. The highest BCUT2D eigenvalue weighted by molar-refractivity contribution is 7.92. The molecular formula is C26H34N4O5S. The van der Waals surface area contributed by atoms with E-state index >= 15 is 0 Å². The normalized spacial score (nSPS) is 22.9. The fourth-order valence-corrected chi connectivity index (χ4v) is 5.37. The van der Waals surface area contributed by atoms with Crippen LogP contribution in [-0.2, 0) is 13.7 Å². The van der Waals surface area contributed by atoms with Gasteiger partial charge in [-0.25, -0.2) is 0 Å². The van der Waals surface area contributed by atoms with Crippen LogP contribution >= 0.6 is 12.2 Å². The van der Waals surface area contributed by atoms with Crippen molar-refractivity contribution in [2.45, 2.75) is 44.6 Å². The molecule has 0 bridgehead atoms. The molecule has 3 aromatic rings. The Morgan fingerprint density at radius 3 is 2.83 bits per heavy atom. The molecule has 4 N–H and O–H groups in total. The topological polar surface area (TPSA) is 115 Å². The van der Waals surface area contributed by atoms with Gasteiger partial charge in [-0.05, 0) is 50.8 Å². The van der Waals surface area contributed by atoms with Crippen LogP contribution in [0.4, 0.5) is 11.4 Å². The summed E-state index contributed by atoms with van der Waals surface area (Å²) in [5, 5.41) is 19.3. The zero-order chi connectivity index (χ0) is 25.1. The van der Waals surface area contributed by atoms with Crippen molar-refractivity contribution < 1.29 is 23.2 Å².